The maximum atomic E-state index is 10.7. The number of nitrogens with zero attached hydrogens (tertiary/aromatic N) is 5. The van der Waals surface area contributed by atoms with Gasteiger partial charge in [-0.1, -0.05) is 0 Å². The van der Waals surface area contributed by atoms with E-state index < -0.39 is 6.10 Å². The first-order valence-corrected chi connectivity index (χ1v) is 8.24. The van der Waals surface area contributed by atoms with Crippen molar-refractivity contribution in [2.75, 3.05) is 13.6 Å². The second-order valence-corrected chi connectivity index (χ2v) is 6.54. The van der Waals surface area contributed by atoms with Crippen molar-refractivity contribution < 1.29 is 5.11 Å². The summed E-state index contributed by atoms with van der Waals surface area (Å²) in [5.74, 6) is 0. The lowest BCUT2D eigenvalue weighted by atomic mass is 10.1. The van der Waals surface area contributed by atoms with Crippen molar-refractivity contribution in [2.24, 2.45) is 0 Å². The predicted octanol–water partition coefficient (Wildman–Crippen LogP) is 1.86. The van der Waals surface area contributed by atoms with Gasteiger partial charge in [0.1, 0.15) is 0 Å². The smallest absolute Gasteiger partial charge is 0.163 e. The van der Waals surface area contributed by atoms with E-state index in [0.29, 0.717) is 6.54 Å². The van der Waals surface area contributed by atoms with Gasteiger partial charge in [-0.2, -0.15) is 5.10 Å². The lowest BCUT2D eigenvalue weighted by molar-refractivity contribution is 0.155. The van der Waals surface area contributed by atoms with Crippen LogP contribution in [0, 0.1) is 6.92 Å². The molecule has 4 heterocycles. The molecule has 124 valence electrons. The first-order valence-electron chi connectivity index (χ1n) is 8.24. The number of aromatic nitrogens is 4. The van der Waals surface area contributed by atoms with Gasteiger partial charge in [0.25, 0.3) is 0 Å². The number of fused-ring (bicyclic) bond motifs is 3. The molecular formula is C18H21N5O. The van der Waals surface area contributed by atoms with E-state index >= 15 is 0 Å². The van der Waals surface area contributed by atoms with Gasteiger partial charge in [0, 0.05) is 43.0 Å². The van der Waals surface area contributed by atoms with E-state index in [1.165, 1.54) is 11.3 Å². The highest BCUT2D eigenvalue weighted by molar-refractivity contribution is 5.82. The van der Waals surface area contributed by atoms with Crippen LogP contribution < -0.4 is 0 Å². The Bertz CT molecular complexity index is 874. The molecule has 4 rings (SSSR count). The molecule has 0 radical (unpaired) electrons. The minimum atomic E-state index is -0.588. The fourth-order valence-electron chi connectivity index (χ4n) is 3.52. The van der Waals surface area contributed by atoms with E-state index in [2.05, 4.69) is 37.8 Å². The van der Waals surface area contributed by atoms with Crippen LogP contribution in [-0.2, 0) is 19.5 Å². The quantitative estimate of drug-likeness (QED) is 0.797. The van der Waals surface area contributed by atoms with Crippen LogP contribution in [0.2, 0.25) is 0 Å². The predicted molar refractivity (Wildman–Crippen MR) is 91.5 cm³/mol. The van der Waals surface area contributed by atoms with Gasteiger partial charge in [-0.3, -0.25) is 4.98 Å². The summed E-state index contributed by atoms with van der Waals surface area (Å²) < 4.78 is 2.15. The summed E-state index contributed by atoms with van der Waals surface area (Å²) in [5, 5.41) is 20.5. The average molecular weight is 323 g/mol. The summed E-state index contributed by atoms with van der Waals surface area (Å²) in [6.45, 7) is 4.38. The summed E-state index contributed by atoms with van der Waals surface area (Å²) in [5.41, 5.74) is 5.25. The molecule has 3 aromatic heterocycles. The maximum absolute atomic E-state index is 10.7. The van der Waals surface area contributed by atoms with Crippen molar-refractivity contribution in [3.63, 3.8) is 0 Å². The van der Waals surface area contributed by atoms with E-state index in [9.17, 15) is 5.11 Å². The van der Waals surface area contributed by atoms with Gasteiger partial charge < -0.3 is 14.6 Å². The highest BCUT2D eigenvalue weighted by Crippen LogP contribution is 2.31. The molecule has 24 heavy (non-hydrogen) atoms. The van der Waals surface area contributed by atoms with E-state index in [1.54, 1.807) is 12.4 Å². The molecular weight excluding hydrogens is 302 g/mol. The van der Waals surface area contributed by atoms with Gasteiger partial charge in [-0.05, 0) is 43.3 Å². The van der Waals surface area contributed by atoms with E-state index in [-0.39, 0.29) is 0 Å². The Morgan fingerprint density at radius 1 is 1.25 bits per heavy atom. The van der Waals surface area contributed by atoms with Crippen LogP contribution >= 0.6 is 0 Å². The van der Waals surface area contributed by atoms with Gasteiger partial charge in [-0.15, -0.1) is 5.10 Å². The fraction of sp³-hybridized carbons (Fsp3) is 0.389. The Labute approximate surface area is 140 Å². The standard InChI is InChI=1S/C18H21N5O/c1-12-9-14-15-10-22(2)8-5-16(15)23(18(14)21-20-12)11-17(24)13-3-6-19-7-4-13/h3-4,6-7,9,17,24H,5,8,10-11H2,1-2H3. The molecule has 3 aromatic rings. The molecule has 0 bridgehead atoms. The highest BCUT2D eigenvalue weighted by atomic mass is 16.3. The van der Waals surface area contributed by atoms with E-state index in [4.69, 9.17) is 0 Å². The van der Waals surface area contributed by atoms with Gasteiger partial charge in [0.05, 0.1) is 18.3 Å². The summed E-state index contributed by atoms with van der Waals surface area (Å²) in [6.07, 6.45) is 3.79. The molecule has 0 spiro atoms. The number of rotatable bonds is 3. The molecule has 1 unspecified atom stereocenters. The molecule has 1 N–H and O–H groups in total. The van der Waals surface area contributed by atoms with Gasteiger partial charge in [0.15, 0.2) is 5.65 Å². The topological polar surface area (TPSA) is 67.1 Å². The molecule has 0 aromatic carbocycles. The number of aliphatic hydroxyl groups is 1. The Kier molecular flexibility index (Phi) is 3.78. The van der Waals surface area contributed by atoms with Crippen molar-refractivity contribution in [1.29, 1.82) is 0 Å². The van der Waals surface area contributed by atoms with E-state index in [0.717, 1.165) is 41.8 Å². The number of pyridine rings is 1. The molecule has 1 atom stereocenters. The number of hydrogen-bond donors (Lipinski definition) is 1. The number of likely N-dealkylation sites (N-methyl/N-ethyl adjacent to an activating group) is 1. The Morgan fingerprint density at radius 3 is 2.83 bits per heavy atom. The van der Waals surface area contributed by atoms with Gasteiger partial charge in [0.2, 0.25) is 0 Å². The molecule has 0 saturated carbocycles. The third-order valence-electron chi connectivity index (χ3n) is 4.76. The van der Waals surface area contributed by atoms with Crippen molar-refractivity contribution in [2.45, 2.75) is 32.5 Å². The summed E-state index contributed by atoms with van der Waals surface area (Å²) in [4.78, 5) is 6.34. The molecule has 0 amide bonds. The monoisotopic (exact) mass is 323 g/mol. The van der Waals surface area contributed by atoms with Crippen LogP contribution in [0.15, 0.2) is 30.6 Å². The first kappa shape index (κ1) is 15.2. The lowest BCUT2D eigenvalue weighted by Crippen LogP contribution is -2.27. The highest BCUT2D eigenvalue weighted by Gasteiger charge is 2.25. The zero-order chi connectivity index (χ0) is 16.7. The average Bonchev–Trinajstić information content (AvgIpc) is 2.88. The second kappa shape index (κ2) is 5.96. The fourth-order valence-corrected chi connectivity index (χ4v) is 3.52. The number of aryl methyl sites for hydroxylation is 1. The summed E-state index contributed by atoms with van der Waals surface area (Å²) in [7, 11) is 2.14. The van der Waals surface area contributed by atoms with Gasteiger partial charge >= 0.3 is 0 Å². The number of aliphatic hydroxyl groups excluding tert-OH is 1. The van der Waals surface area contributed by atoms with Crippen molar-refractivity contribution in [3.8, 4) is 0 Å². The Balaban J connectivity index is 1.80. The van der Waals surface area contributed by atoms with Gasteiger partial charge in [-0.25, -0.2) is 0 Å². The molecule has 0 saturated heterocycles. The third-order valence-corrected chi connectivity index (χ3v) is 4.76. The van der Waals surface area contributed by atoms with Crippen molar-refractivity contribution in [3.05, 3.63) is 53.1 Å². The summed E-state index contributed by atoms with van der Waals surface area (Å²) in [6, 6.07) is 5.81. The lowest BCUT2D eigenvalue weighted by Gasteiger charge is -2.24. The molecule has 6 nitrogen and oxygen atoms in total. The van der Waals surface area contributed by atoms with Crippen molar-refractivity contribution in [1.82, 2.24) is 24.6 Å². The minimum Gasteiger partial charge on any atom is -0.387 e. The molecule has 0 aliphatic carbocycles. The number of hydrogen-bond acceptors (Lipinski definition) is 5. The van der Waals surface area contributed by atoms with Crippen LogP contribution in [0.4, 0.5) is 0 Å². The first-order chi connectivity index (χ1) is 11.6. The molecule has 1 aliphatic heterocycles. The van der Waals surface area contributed by atoms with Crippen LogP contribution in [0.1, 0.15) is 28.6 Å². The van der Waals surface area contributed by atoms with Crippen LogP contribution in [0.3, 0.4) is 0 Å². The minimum absolute atomic E-state index is 0.483. The zero-order valence-electron chi connectivity index (χ0n) is 14.0. The molecule has 6 heteroatoms. The Morgan fingerprint density at radius 2 is 2.04 bits per heavy atom. The Hall–Kier alpha value is -2.31. The van der Waals surface area contributed by atoms with Crippen LogP contribution in [-0.4, -0.2) is 43.3 Å². The SMILES string of the molecule is Cc1cc2c3c(n(CC(O)c4ccncc4)c2nn1)CCN(C)C3. The summed E-state index contributed by atoms with van der Waals surface area (Å²) >= 11 is 0. The largest absolute Gasteiger partial charge is 0.387 e. The van der Waals surface area contributed by atoms with Crippen molar-refractivity contribution >= 4 is 11.0 Å². The third kappa shape index (κ3) is 2.57. The second-order valence-electron chi connectivity index (χ2n) is 6.54. The molecule has 0 fully saturated rings. The van der Waals surface area contributed by atoms with E-state index in [1.807, 2.05) is 19.1 Å². The van der Waals surface area contributed by atoms with Crippen LogP contribution in [0.5, 0.6) is 0 Å². The maximum Gasteiger partial charge on any atom is 0.163 e. The normalized spacial score (nSPS) is 16.3. The van der Waals surface area contributed by atoms with Crippen LogP contribution in [0.25, 0.3) is 11.0 Å². The zero-order valence-corrected chi connectivity index (χ0v) is 14.0. The molecule has 1 aliphatic rings.